The molecule has 1 rings (SSSR count). The van der Waals surface area contributed by atoms with Crippen LogP contribution in [0.4, 0.5) is 0 Å². The Balaban J connectivity index is 0.00000225. The molecule has 0 saturated heterocycles. The first-order valence-electron chi connectivity index (χ1n) is 4.80. The SMILES string of the molecule is CC(O)CNCc1ccc(C(=O)O)cc1.Cl. The van der Waals surface area contributed by atoms with E-state index >= 15 is 0 Å². The zero-order valence-corrected chi connectivity index (χ0v) is 9.83. The Bertz CT molecular complexity index is 325. The van der Waals surface area contributed by atoms with Crippen LogP contribution < -0.4 is 5.32 Å². The third-order valence-corrected chi connectivity index (χ3v) is 1.97. The van der Waals surface area contributed by atoms with Crippen molar-refractivity contribution in [3.8, 4) is 0 Å². The number of halogens is 1. The van der Waals surface area contributed by atoms with E-state index in [1.807, 2.05) is 0 Å². The maximum atomic E-state index is 10.6. The first-order chi connectivity index (χ1) is 7.09. The normalized spacial score (nSPS) is 11.6. The smallest absolute Gasteiger partial charge is 0.335 e. The van der Waals surface area contributed by atoms with Gasteiger partial charge in [0.2, 0.25) is 0 Å². The van der Waals surface area contributed by atoms with Gasteiger partial charge in [0.15, 0.2) is 0 Å². The summed E-state index contributed by atoms with van der Waals surface area (Å²) in [4.78, 5) is 10.6. The second-order valence-electron chi connectivity index (χ2n) is 3.48. The van der Waals surface area contributed by atoms with Gasteiger partial charge in [0.1, 0.15) is 0 Å². The summed E-state index contributed by atoms with van der Waals surface area (Å²) >= 11 is 0. The highest BCUT2D eigenvalue weighted by atomic mass is 35.5. The molecule has 1 aromatic rings. The summed E-state index contributed by atoms with van der Waals surface area (Å²) < 4.78 is 0. The van der Waals surface area contributed by atoms with Crippen molar-refractivity contribution >= 4 is 18.4 Å². The minimum atomic E-state index is -0.918. The average molecular weight is 246 g/mol. The van der Waals surface area contributed by atoms with Gasteiger partial charge in [0.25, 0.3) is 0 Å². The largest absolute Gasteiger partial charge is 0.478 e. The molecule has 1 unspecified atom stereocenters. The number of aliphatic hydroxyl groups is 1. The fourth-order valence-corrected chi connectivity index (χ4v) is 1.19. The molecule has 0 aliphatic rings. The summed E-state index contributed by atoms with van der Waals surface area (Å²) in [7, 11) is 0. The fourth-order valence-electron chi connectivity index (χ4n) is 1.19. The first kappa shape index (κ1) is 14.9. The molecule has 4 nitrogen and oxygen atoms in total. The molecular formula is C11H16ClNO3. The van der Waals surface area contributed by atoms with E-state index in [2.05, 4.69) is 5.32 Å². The minimum Gasteiger partial charge on any atom is -0.478 e. The van der Waals surface area contributed by atoms with Crippen LogP contribution in [0.25, 0.3) is 0 Å². The number of carboxylic acids is 1. The van der Waals surface area contributed by atoms with Crippen LogP contribution in [-0.2, 0) is 6.54 Å². The molecule has 5 heteroatoms. The zero-order chi connectivity index (χ0) is 11.3. The molecule has 0 aromatic heterocycles. The van der Waals surface area contributed by atoms with E-state index in [0.29, 0.717) is 13.1 Å². The van der Waals surface area contributed by atoms with E-state index < -0.39 is 5.97 Å². The van der Waals surface area contributed by atoms with Crippen molar-refractivity contribution in [3.63, 3.8) is 0 Å². The lowest BCUT2D eigenvalue weighted by Crippen LogP contribution is -2.23. The number of rotatable bonds is 5. The average Bonchev–Trinajstić information content (AvgIpc) is 2.18. The Morgan fingerprint density at radius 3 is 2.38 bits per heavy atom. The monoisotopic (exact) mass is 245 g/mol. The van der Waals surface area contributed by atoms with Gasteiger partial charge in [-0.15, -0.1) is 12.4 Å². The van der Waals surface area contributed by atoms with Gasteiger partial charge in [-0.05, 0) is 24.6 Å². The van der Waals surface area contributed by atoms with Crippen molar-refractivity contribution in [2.45, 2.75) is 19.6 Å². The molecule has 90 valence electrons. The zero-order valence-electron chi connectivity index (χ0n) is 9.01. The van der Waals surface area contributed by atoms with E-state index in [9.17, 15) is 4.79 Å². The van der Waals surface area contributed by atoms with Crippen molar-refractivity contribution in [1.29, 1.82) is 0 Å². The van der Waals surface area contributed by atoms with Crippen LogP contribution in [0.5, 0.6) is 0 Å². The molecule has 0 bridgehead atoms. The van der Waals surface area contributed by atoms with Gasteiger partial charge in [-0.25, -0.2) is 4.79 Å². The van der Waals surface area contributed by atoms with Gasteiger partial charge < -0.3 is 15.5 Å². The Morgan fingerprint density at radius 1 is 1.38 bits per heavy atom. The number of carboxylic acid groups (broad SMARTS) is 1. The number of hydrogen-bond acceptors (Lipinski definition) is 3. The van der Waals surface area contributed by atoms with Gasteiger partial charge in [-0.3, -0.25) is 0 Å². The highest BCUT2D eigenvalue weighted by molar-refractivity contribution is 5.87. The Kier molecular flexibility index (Phi) is 6.72. The van der Waals surface area contributed by atoms with Crippen molar-refractivity contribution < 1.29 is 15.0 Å². The number of aliphatic hydroxyl groups excluding tert-OH is 1. The molecule has 0 saturated carbocycles. The van der Waals surface area contributed by atoms with E-state index in [-0.39, 0.29) is 24.1 Å². The lowest BCUT2D eigenvalue weighted by Gasteiger charge is -2.06. The Morgan fingerprint density at radius 2 is 1.94 bits per heavy atom. The summed E-state index contributed by atoms with van der Waals surface area (Å²) in [5.41, 5.74) is 1.29. The quantitative estimate of drug-likeness (QED) is 0.731. The minimum absolute atomic E-state index is 0. The van der Waals surface area contributed by atoms with Crippen LogP contribution in [0, 0.1) is 0 Å². The molecule has 0 heterocycles. The molecule has 0 fully saturated rings. The van der Waals surface area contributed by atoms with E-state index in [0.717, 1.165) is 5.56 Å². The van der Waals surface area contributed by atoms with Crippen molar-refractivity contribution in [3.05, 3.63) is 35.4 Å². The third-order valence-electron chi connectivity index (χ3n) is 1.97. The second kappa shape index (κ2) is 7.22. The number of carbonyl (C=O) groups is 1. The van der Waals surface area contributed by atoms with Gasteiger partial charge in [-0.1, -0.05) is 12.1 Å². The number of benzene rings is 1. The summed E-state index contributed by atoms with van der Waals surface area (Å²) in [6.45, 7) is 2.87. The van der Waals surface area contributed by atoms with Gasteiger partial charge in [-0.2, -0.15) is 0 Å². The summed E-state index contributed by atoms with van der Waals surface area (Å²) in [5.74, 6) is -0.918. The van der Waals surface area contributed by atoms with Gasteiger partial charge in [0.05, 0.1) is 11.7 Å². The van der Waals surface area contributed by atoms with E-state index in [4.69, 9.17) is 10.2 Å². The molecule has 0 radical (unpaired) electrons. The predicted octanol–water partition coefficient (Wildman–Crippen LogP) is 1.28. The second-order valence-corrected chi connectivity index (χ2v) is 3.48. The first-order valence-corrected chi connectivity index (χ1v) is 4.80. The van der Waals surface area contributed by atoms with Crippen molar-refractivity contribution in [2.24, 2.45) is 0 Å². The van der Waals surface area contributed by atoms with Crippen molar-refractivity contribution in [1.82, 2.24) is 5.32 Å². The lowest BCUT2D eigenvalue weighted by atomic mass is 10.1. The summed E-state index contributed by atoms with van der Waals surface area (Å²) in [6.07, 6.45) is -0.372. The Hall–Kier alpha value is -1.10. The molecule has 3 N–H and O–H groups in total. The fraction of sp³-hybridized carbons (Fsp3) is 0.364. The van der Waals surface area contributed by atoms with Crippen LogP contribution in [0.2, 0.25) is 0 Å². The number of aromatic carboxylic acids is 1. The lowest BCUT2D eigenvalue weighted by molar-refractivity contribution is 0.0697. The molecule has 0 aliphatic carbocycles. The molecule has 0 amide bonds. The molecule has 0 aliphatic heterocycles. The summed E-state index contributed by atoms with van der Waals surface area (Å²) in [5, 5.41) is 20.7. The predicted molar refractivity (Wildman–Crippen MR) is 64.0 cm³/mol. The standard InChI is InChI=1S/C11H15NO3.ClH/c1-8(13)6-12-7-9-2-4-10(5-3-9)11(14)15;/h2-5,8,12-13H,6-7H2,1H3,(H,14,15);1H. The molecule has 16 heavy (non-hydrogen) atoms. The molecule has 1 atom stereocenters. The van der Waals surface area contributed by atoms with Crippen molar-refractivity contribution in [2.75, 3.05) is 6.54 Å². The van der Waals surface area contributed by atoms with Crippen LogP contribution in [0.1, 0.15) is 22.8 Å². The third kappa shape index (κ3) is 5.11. The highest BCUT2D eigenvalue weighted by Gasteiger charge is 2.01. The number of hydrogen-bond donors (Lipinski definition) is 3. The maximum absolute atomic E-state index is 10.6. The van der Waals surface area contributed by atoms with Gasteiger partial charge in [0, 0.05) is 13.1 Å². The van der Waals surface area contributed by atoms with Crippen LogP contribution in [0.3, 0.4) is 0 Å². The maximum Gasteiger partial charge on any atom is 0.335 e. The molecular weight excluding hydrogens is 230 g/mol. The molecule has 1 aromatic carbocycles. The van der Waals surface area contributed by atoms with E-state index in [1.54, 1.807) is 31.2 Å². The van der Waals surface area contributed by atoms with Crippen LogP contribution in [0.15, 0.2) is 24.3 Å². The molecule has 0 spiro atoms. The summed E-state index contributed by atoms with van der Waals surface area (Å²) in [6, 6.07) is 6.67. The van der Waals surface area contributed by atoms with Crippen LogP contribution in [-0.4, -0.2) is 28.8 Å². The van der Waals surface area contributed by atoms with E-state index in [1.165, 1.54) is 0 Å². The van der Waals surface area contributed by atoms with Gasteiger partial charge >= 0.3 is 5.97 Å². The van der Waals surface area contributed by atoms with Crippen LogP contribution >= 0.6 is 12.4 Å². The number of nitrogens with one attached hydrogen (secondary N) is 1. The highest BCUT2D eigenvalue weighted by Crippen LogP contribution is 2.03. The Labute approximate surface area is 101 Å². The topological polar surface area (TPSA) is 69.6 Å².